The third kappa shape index (κ3) is 3.49. The van der Waals surface area contributed by atoms with Gasteiger partial charge in [0.2, 0.25) is 0 Å². The second kappa shape index (κ2) is 6.71. The lowest BCUT2D eigenvalue weighted by molar-refractivity contribution is 0.659. The summed E-state index contributed by atoms with van der Waals surface area (Å²) >= 11 is 0. The van der Waals surface area contributed by atoms with Crippen LogP contribution in [0.5, 0.6) is 0 Å². The van der Waals surface area contributed by atoms with Crippen LogP contribution in [0.15, 0.2) is 42.5 Å². The standard InChI is InChI=1S/C19H25N/c1-14-6-9-17(10-7-14)18(11-12-20-4)19-13-15(2)5-8-16(19)3/h5-10,13,18,20H,11-12H2,1-4H3. The van der Waals surface area contributed by atoms with E-state index in [0.717, 1.165) is 13.0 Å². The number of benzene rings is 2. The first-order valence-corrected chi connectivity index (χ1v) is 7.40. The zero-order valence-corrected chi connectivity index (χ0v) is 13.0. The first-order valence-electron chi connectivity index (χ1n) is 7.40. The van der Waals surface area contributed by atoms with Crippen LogP contribution >= 0.6 is 0 Å². The van der Waals surface area contributed by atoms with E-state index < -0.39 is 0 Å². The quantitative estimate of drug-likeness (QED) is 0.849. The van der Waals surface area contributed by atoms with E-state index in [1.807, 2.05) is 7.05 Å². The van der Waals surface area contributed by atoms with Crippen molar-refractivity contribution in [2.45, 2.75) is 33.1 Å². The topological polar surface area (TPSA) is 12.0 Å². The summed E-state index contributed by atoms with van der Waals surface area (Å²) in [5.41, 5.74) is 6.93. The molecule has 0 amide bonds. The molecule has 0 bridgehead atoms. The van der Waals surface area contributed by atoms with Gasteiger partial charge in [-0.25, -0.2) is 0 Å². The maximum Gasteiger partial charge on any atom is 0.0104 e. The molecule has 0 spiro atoms. The molecule has 2 aromatic rings. The molecule has 1 heteroatoms. The van der Waals surface area contributed by atoms with E-state index in [0.29, 0.717) is 5.92 Å². The molecule has 0 radical (unpaired) electrons. The minimum atomic E-state index is 0.475. The van der Waals surface area contributed by atoms with Crippen molar-refractivity contribution in [1.82, 2.24) is 5.32 Å². The van der Waals surface area contributed by atoms with Crippen LogP contribution < -0.4 is 5.32 Å². The van der Waals surface area contributed by atoms with Crippen molar-refractivity contribution < 1.29 is 0 Å². The Bertz CT molecular complexity index is 554. The molecule has 1 atom stereocenters. The van der Waals surface area contributed by atoms with Crippen LogP contribution in [-0.4, -0.2) is 13.6 Å². The number of hydrogen-bond acceptors (Lipinski definition) is 1. The third-order valence-electron chi connectivity index (χ3n) is 3.97. The van der Waals surface area contributed by atoms with Crippen molar-refractivity contribution in [1.29, 1.82) is 0 Å². The molecule has 106 valence electrons. The lowest BCUT2D eigenvalue weighted by Gasteiger charge is -2.21. The Kier molecular flexibility index (Phi) is 4.97. The third-order valence-corrected chi connectivity index (χ3v) is 3.97. The van der Waals surface area contributed by atoms with Gasteiger partial charge in [-0.15, -0.1) is 0 Å². The maximum atomic E-state index is 3.28. The smallest absolute Gasteiger partial charge is 0.0104 e. The van der Waals surface area contributed by atoms with Gasteiger partial charge in [-0.2, -0.15) is 0 Å². The van der Waals surface area contributed by atoms with E-state index in [1.165, 1.54) is 27.8 Å². The van der Waals surface area contributed by atoms with Gasteiger partial charge in [0.15, 0.2) is 0 Å². The Morgan fingerprint density at radius 3 is 2.20 bits per heavy atom. The molecular formula is C19H25N. The SMILES string of the molecule is CNCCC(c1ccc(C)cc1)c1cc(C)ccc1C. The monoisotopic (exact) mass is 267 g/mol. The number of nitrogens with one attached hydrogen (secondary N) is 1. The molecule has 1 unspecified atom stereocenters. The van der Waals surface area contributed by atoms with Gasteiger partial charge in [0.25, 0.3) is 0 Å². The first-order chi connectivity index (χ1) is 9.61. The normalized spacial score (nSPS) is 12.4. The van der Waals surface area contributed by atoms with E-state index in [1.54, 1.807) is 0 Å². The molecule has 0 aromatic heterocycles. The van der Waals surface area contributed by atoms with Crippen molar-refractivity contribution in [3.05, 3.63) is 70.3 Å². The summed E-state index contributed by atoms with van der Waals surface area (Å²) in [6, 6.07) is 15.8. The number of aryl methyl sites for hydroxylation is 3. The van der Waals surface area contributed by atoms with Gasteiger partial charge >= 0.3 is 0 Å². The maximum absolute atomic E-state index is 3.28. The van der Waals surface area contributed by atoms with Crippen LogP contribution in [0.2, 0.25) is 0 Å². The highest BCUT2D eigenvalue weighted by Crippen LogP contribution is 2.31. The van der Waals surface area contributed by atoms with Gasteiger partial charge in [0.1, 0.15) is 0 Å². The summed E-state index contributed by atoms with van der Waals surface area (Å²) in [5, 5.41) is 3.28. The zero-order valence-electron chi connectivity index (χ0n) is 13.0. The first kappa shape index (κ1) is 14.8. The van der Waals surface area contributed by atoms with Crippen LogP contribution in [0, 0.1) is 20.8 Å². The lowest BCUT2D eigenvalue weighted by Crippen LogP contribution is -2.14. The molecule has 0 aliphatic rings. The van der Waals surface area contributed by atoms with Crippen molar-refractivity contribution in [2.75, 3.05) is 13.6 Å². The van der Waals surface area contributed by atoms with E-state index in [2.05, 4.69) is 68.6 Å². The second-order valence-electron chi connectivity index (χ2n) is 5.72. The minimum Gasteiger partial charge on any atom is -0.320 e. The van der Waals surface area contributed by atoms with Crippen molar-refractivity contribution in [3.8, 4) is 0 Å². The fourth-order valence-electron chi connectivity index (χ4n) is 2.72. The molecule has 0 saturated heterocycles. The molecule has 1 N–H and O–H groups in total. The van der Waals surface area contributed by atoms with Crippen LogP contribution in [-0.2, 0) is 0 Å². The summed E-state index contributed by atoms with van der Waals surface area (Å²) in [6.07, 6.45) is 1.13. The van der Waals surface area contributed by atoms with E-state index in [4.69, 9.17) is 0 Å². The molecular weight excluding hydrogens is 242 g/mol. The average Bonchev–Trinajstić information content (AvgIpc) is 2.44. The van der Waals surface area contributed by atoms with Gasteiger partial charge in [0.05, 0.1) is 0 Å². The largest absolute Gasteiger partial charge is 0.320 e. The van der Waals surface area contributed by atoms with Crippen LogP contribution in [0.25, 0.3) is 0 Å². The van der Waals surface area contributed by atoms with Crippen molar-refractivity contribution in [2.24, 2.45) is 0 Å². The van der Waals surface area contributed by atoms with Crippen molar-refractivity contribution >= 4 is 0 Å². The number of rotatable bonds is 5. The molecule has 2 rings (SSSR count). The van der Waals surface area contributed by atoms with Gasteiger partial charge in [-0.3, -0.25) is 0 Å². The fourth-order valence-corrected chi connectivity index (χ4v) is 2.72. The molecule has 0 aliphatic carbocycles. The zero-order chi connectivity index (χ0) is 14.5. The van der Waals surface area contributed by atoms with E-state index in [-0.39, 0.29) is 0 Å². The highest BCUT2D eigenvalue weighted by atomic mass is 14.8. The minimum absolute atomic E-state index is 0.475. The summed E-state index contributed by atoms with van der Waals surface area (Å²) in [7, 11) is 2.02. The molecule has 1 nitrogen and oxygen atoms in total. The Morgan fingerprint density at radius 2 is 1.55 bits per heavy atom. The molecule has 0 saturated carbocycles. The summed E-state index contributed by atoms with van der Waals surface area (Å²) < 4.78 is 0. The number of hydrogen-bond donors (Lipinski definition) is 1. The Morgan fingerprint density at radius 1 is 0.900 bits per heavy atom. The lowest BCUT2D eigenvalue weighted by atomic mass is 9.85. The average molecular weight is 267 g/mol. The highest BCUT2D eigenvalue weighted by Gasteiger charge is 2.16. The summed E-state index contributed by atoms with van der Waals surface area (Å²) in [5.74, 6) is 0.475. The van der Waals surface area contributed by atoms with Crippen LogP contribution in [0.3, 0.4) is 0 Å². The Labute approximate surface area is 123 Å². The van der Waals surface area contributed by atoms with E-state index in [9.17, 15) is 0 Å². The Hall–Kier alpha value is -1.60. The van der Waals surface area contributed by atoms with Crippen LogP contribution in [0.1, 0.15) is 40.2 Å². The summed E-state index contributed by atoms with van der Waals surface area (Å²) in [6.45, 7) is 7.57. The Balaban J connectivity index is 2.41. The highest BCUT2D eigenvalue weighted by molar-refractivity contribution is 5.40. The predicted octanol–water partition coefficient (Wildman–Crippen LogP) is 4.35. The molecule has 2 aromatic carbocycles. The summed E-state index contributed by atoms with van der Waals surface area (Å²) in [4.78, 5) is 0. The molecule has 0 heterocycles. The van der Waals surface area contributed by atoms with Gasteiger partial charge < -0.3 is 5.32 Å². The van der Waals surface area contributed by atoms with Crippen molar-refractivity contribution in [3.63, 3.8) is 0 Å². The second-order valence-corrected chi connectivity index (χ2v) is 5.72. The molecule has 0 fully saturated rings. The van der Waals surface area contributed by atoms with Gasteiger partial charge in [-0.05, 0) is 57.5 Å². The molecule has 20 heavy (non-hydrogen) atoms. The molecule has 0 aliphatic heterocycles. The fraction of sp³-hybridized carbons (Fsp3) is 0.368. The predicted molar refractivity (Wildman–Crippen MR) is 87.5 cm³/mol. The van der Waals surface area contributed by atoms with Gasteiger partial charge in [-0.1, -0.05) is 53.6 Å². The van der Waals surface area contributed by atoms with Gasteiger partial charge in [0, 0.05) is 5.92 Å². The van der Waals surface area contributed by atoms with Crippen LogP contribution in [0.4, 0.5) is 0 Å². The van der Waals surface area contributed by atoms with E-state index >= 15 is 0 Å².